The van der Waals surface area contributed by atoms with E-state index < -0.39 is 0 Å². The number of hydrogen-bond donors (Lipinski definition) is 0. The SMILES string of the molecule is CN1CCC[C@@H]1c1cn(Cc2cccnc2)c2ccc(-n3cnnc3)cc12. The Labute approximate surface area is 158 Å². The molecule has 0 spiro atoms. The molecule has 0 N–H and O–H groups in total. The van der Waals surface area contributed by atoms with E-state index in [0.29, 0.717) is 6.04 Å². The van der Waals surface area contributed by atoms with E-state index in [1.54, 1.807) is 12.7 Å². The fourth-order valence-electron chi connectivity index (χ4n) is 4.20. The quantitative estimate of drug-likeness (QED) is 0.561. The van der Waals surface area contributed by atoms with Gasteiger partial charge < -0.3 is 4.57 Å². The van der Waals surface area contributed by atoms with E-state index in [4.69, 9.17) is 0 Å². The Morgan fingerprint density at radius 1 is 1.15 bits per heavy atom. The Balaban J connectivity index is 1.64. The zero-order chi connectivity index (χ0) is 18.2. The summed E-state index contributed by atoms with van der Waals surface area (Å²) in [5.41, 5.74) is 4.96. The van der Waals surface area contributed by atoms with Gasteiger partial charge in [-0.1, -0.05) is 6.07 Å². The van der Waals surface area contributed by atoms with Crippen LogP contribution in [-0.2, 0) is 6.54 Å². The minimum atomic E-state index is 0.471. The van der Waals surface area contributed by atoms with E-state index in [9.17, 15) is 0 Å². The maximum absolute atomic E-state index is 4.27. The van der Waals surface area contributed by atoms with Crippen molar-refractivity contribution in [3.63, 3.8) is 0 Å². The number of hydrogen-bond acceptors (Lipinski definition) is 4. The predicted molar refractivity (Wildman–Crippen MR) is 105 cm³/mol. The van der Waals surface area contributed by atoms with Gasteiger partial charge in [0.25, 0.3) is 0 Å². The van der Waals surface area contributed by atoms with Gasteiger partial charge in [0.1, 0.15) is 12.7 Å². The molecule has 6 heteroatoms. The van der Waals surface area contributed by atoms with E-state index in [0.717, 1.165) is 18.8 Å². The van der Waals surface area contributed by atoms with Crippen molar-refractivity contribution < 1.29 is 0 Å². The van der Waals surface area contributed by atoms with Crippen molar-refractivity contribution in [2.45, 2.75) is 25.4 Å². The first-order valence-corrected chi connectivity index (χ1v) is 9.36. The van der Waals surface area contributed by atoms with Crippen LogP contribution in [-0.4, -0.2) is 42.8 Å². The summed E-state index contributed by atoms with van der Waals surface area (Å²) in [6, 6.07) is 11.2. The first-order valence-electron chi connectivity index (χ1n) is 9.36. The van der Waals surface area contributed by atoms with Gasteiger partial charge in [-0.25, -0.2) is 0 Å². The van der Waals surface area contributed by atoms with Gasteiger partial charge in [-0.2, -0.15) is 0 Å². The lowest BCUT2D eigenvalue weighted by Gasteiger charge is -2.19. The number of pyridine rings is 1. The number of likely N-dealkylation sites (tertiary alicyclic amines) is 1. The Kier molecular flexibility index (Phi) is 3.98. The third-order valence-electron chi connectivity index (χ3n) is 5.57. The van der Waals surface area contributed by atoms with Gasteiger partial charge in [-0.15, -0.1) is 10.2 Å². The molecule has 1 aromatic carbocycles. The molecule has 0 aliphatic carbocycles. The molecule has 1 saturated heterocycles. The number of aromatic nitrogens is 5. The fourth-order valence-corrected chi connectivity index (χ4v) is 4.20. The second kappa shape index (κ2) is 6.63. The monoisotopic (exact) mass is 358 g/mol. The van der Waals surface area contributed by atoms with Gasteiger partial charge >= 0.3 is 0 Å². The zero-order valence-electron chi connectivity index (χ0n) is 15.4. The van der Waals surface area contributed by atoms with Crippen LogP contribution in [0, 0.1) is 0 Å². The Morgan fingerprint density at radius 3 is 2.78 bits per heavy atom. The zero-order valence-corrected chi connectivity index (χ0v) is 15.4. The molecular formula is C21H22N6. The molecule has 1 atom stereocenters. The summed E-state index contributed by atoms with van der Waals surface area (Å²) < 4.78 is 4.31. The minimum absolute atomic E-state index is 0.471. The molecule has 1 aliphatic rings. The Hall–Kier alpha value is -2.99. The second-order valence-electron chi connectivity index (χ2n) is 7.28. The van der Waals surface area contributed by atoms with Crippen LogP contribution in [0.2, 0.25) is 0 Å². The van der Waals surface area contributed by atoms with Crippen molar-refractivity contribution in [1.29, 1.82) is 0 Å². The summed E-state index contributed by atoms with van der Waals surface area (Å²) in [4.78, 5) is 6.73. The first kappa shape index (κ1) is 16.2. The molecule has 3 aromatic heterocycles. The van der Waals surface area contributed by atoms with Crippen LogP contribution < -0.4 is 0 Å². The molecule has 1 fully saturated rings. The van der Waals surface area contributed by atoms with Gasteiger partial charge in [0, 0.05) is 47.8 Å². The lowest BCUT2D eigenvalue weighted by Crippen LogP contribution is -2.17. The normalized spacial score (nSPS) is 17.7. The van der Waals surface area contributed by atoms with Crippen molar-refractivity contribution in [1.82, 2.24) is 29.2 Å². The molecule has 5 rings (SSSR count). The predicted octanol–water partition coefficient (Wildman–Crippen LogP) is 3.43. The molecule has 0 unspecified atom stereocenters. The Bertz CT molecular complexity index is 1050. The third-order valence-corrected chi connectivity index (χ3v) is 5.57. The highest BCUT2D eigenvalue weighted by atomic mass is 15.2. The molecule has 4 aromatic rings. The topological polar surface area (TPSA) is 51.8 Å². The number of benzene rings is 1. The van der Waals surface area contributed by atoms with Gasteiger partial charge in [0.2, 0.25) is 0 Å². The van der Waals surface area contributed by atoms with Crippen molar-refractivity contribution in [3.8, 4) is 5.69 Å². The van der Waals surface area contributed by atoms with Crippen LogP contribution in [0.4, 0.5) is 0 Å². The summed E-state index contributed by atoms with van der Waals surface area (Å²) in [6.07, 6.45) is 12.0. The smallest absolute Gasteiger partial charge is 0.123 e. The highest BCUT2D eigenvalue weighted by Crippen LogP contribution is 2.37. The van der Waals surface area contributed by atoms with E-state index >= 15 is 0 Å². The summed E-state index contributed by atoms with van der Waals surface area (Å²) >= 11 is 0. The molecule has 0 saturated carbocycles. The highest BCUT2D eigenvalue weighted by Gasteiger charge is 2.26. The Morgan fingerprint density at radius 2 is 2.04 bits per heavy atom. The van der Waals surface area contributed by atoms with Gasteiger partial charge in [-0.05, 0) is 61.8 Å². The maximum atomic E-state index is 4.27. The number of fused-ring (bicyclic) bond motifs is 1. The minimum Gasteiger partial charge on any atom is -0.343 e. The molecule has 27 heavy (non-hydrogen) atoms. The molecule has 4 heterocycles. The largest absolute Gasteiger partial charge is 0.343 e. The molecule has 136 valence electrons. The lowest BCUT2D eigenvalue weighted by molar-refractivity contribution is 0.319. The molecule has 6 nitrogen and oxygen atoms in total. The van der Waals surface area contributed by atoms with Crippen LogP contribution in [0.1, 0.15) is 30.0 Å². The van der Waals surface area contributed by atoms with Crippen LogP contribution >= 0.6 is 0 Å². The van der Waals surface area contributed by atoms with Crippen LogP contribution in [0.3, 0.4) is 0 Å². The average molecular weight is 358 g/mol. The van der Waals surface area contributed by atoms with Crippen LogP contribution in [0.25, 0.3) is 16.6 Å². The lowest BCUT2D eigenvalue weighted by atomic mass is 10.0. The second-order valence-corrected chi connectivity index (χ2v) is 7.28. The van der Waals surface area contributed by atoms with Crippen molar-refractivity contribution in [2.75, 3.05) is 13.6 Å². The standard InChI is InChI=1S/C21H22N6/c1-25-9-3-5-20(25)19-13-26(12-16-4-2-8-22-11-16)21-7-6-17(10-18(19)21)27-14-23-24-15-27/h2,4,6-8,10-11,13-15,20H,3,5,9,12H2,1H3/t20-/m1/s1. The van der Waals surface area contributed by atoms with Crippen LogP contribution in [0.15, 0.2) is 61.6 Å². The third kappa shape index (κ3) is 2.92. The van der Waals surface area contributed by atoms with E-state index in [2.05, 4.69) is 62.2 Å². The summed E-state index contributed by atoms with van der Waals surface area (Å²) in [6.45, 7) is 1.98. The molecule has 0 amide bonds. The van der Waals surface area contributed by atoms with Gasteiger partial charge in [-0.3, -0.25) is 14.5 Å². The highest BCUT2D eigenvalue weighted by molar-refractivity contribution is 5.86. The number of rotatable bonds is 4. The molecular weight excluding hydrogens is 336 g/mol. The summed E-state index contributed by atoms with van der Waals surface area (Å²) in [5, 5.41) is 9.20. The first-order chi connectivity index (χ1) is 13.3. The summed E-state index contributed by atoms with van der Waals surface area (Å²) in [7, 11) is 2.23. The van der Waals surface area contributed by atoms with E-state index in [1.807, 2.05) is 23.0 Å². The van der Waals surface area contributed by atoms with Gasteiger partial charge in [0.15, 0.2) is 0 Å². The van der Waals surface area contributed by atoms with Crippen LogP contribution in [0.5, 0.6) is 0 Å². The fraction of sp³-hybridized carbons (Fsp3) is 0.286. The van der Waals surface area contributed by atoms with Crippen molar-refractivity contribution >= 4 is 10.9 Å². The molecule has 0 radical (unpaired) electrons. The molecule has 0 bridgehead atoms. The van der Waals surface area contributed by atoms with Crippen molar-refractivity contribution in [2.24, 2.45) is 0 Å². The van der Waals surface area contributed by atoms with Crippen molar-refractivity contribution in [3.05, 3.63) is 72.7 Å². The average Bonchev–Trinajstić information content (AvgIpc) is 3.43. The molecule has 1 aliphatic heterocycles. The van der Waals surface area contributed by atoms with Gasteiger partial charge in [0.05, 0.1) is 0 Å². The van der Waals surface area contributed by atoms with E-state index in [-0.39, 0.29) is 0 Å². The number of nitrogens with zero attached hydrogens (tertiary/aromatic N) is 6. The van der Waals surface area contributed by atoms with E-state index in [1.165, 1.54) is 34.9 Å². The summed E-state index contributed by atoms with van der Waals surface area (Å²) in [5.74, 6) is 0. The maximum Gasteiger partial charge on any atom is 0.123 e.